The molecule has 6 atom stereocenters. The van der Waals surface area contributed by atoms with Crippen LogP contribution < -0.4 is 16.0 Å². The number of carbonyl (C=O) groups excluding carboxylic acids is 8. The highest BCUT2D eigenvalue weighted by molar-refractivity contribution is 6.32. The fraction of sp³-hybridized carbons (Fsp3) is 0.611. The van der Waals surface area contributed by atoms with Gasteiger partial charge < -0.3 is 35.6 Å². The van der Waals surface area contributed by atoms with Crippen LogP contribution in [0.4, 0.5) is 16.2 Å². The Morgan fingerprint density at radius 2 is 1.66 bits per heavy atom. The Bertz CT molecular complexity index is 1750. The summed E-state index contributed by atoms with van der Waals surface area (Å²) in [4.78, 5) is 110. The second-order valence-electron chi connectivity index (χ2n) is 15.8. The predicted octanol–water partition coefficient (Wildman–Crippen LogP) is 0.655. The highest BCUT2D eigenvalue weighted by atomic mass is 16.7. The van der Waals surface area contributed by atoms with Crippen LogP contribution >= 0.6 is 0 Å². The van der Waals surface area contributed by atoms with E-state index in [9.17, 15) is 48.6 Å². The molecule has 0 aliphatic heterocycles. The number of rotatable bonds is 10. The van der Waals surface area contributed by atoms with Gasteiger partial charge in [0, 0.05) is 37.7 Å². The van der Waals surface area contributed by atoms with E-state index < -0.39 is 107 Å². The molecule has 2 unspecified atom stereocenters. The molecule has 17 nitrogen and oxygen atoms in total. The van der Waals surface area contributed by atoms with Crippen LogP contribution in [0.2, 0.25) is 0 Å². The normalized spacial score (nSPS) is 25.3. The molecule has 2 fully saturated rings. The second-order valence-corrected chi connectivity index (χ2v) is 15.8. The van der Waals surface area contributed by atoms with Crippen LogP contribution in [0.5, 0.6) is 5.75 Å². The monoisotopic (exact) mass is 743 g/mol. The van der Waals surface area contributed by atoms with Crippen molar-refractivity contribution in [2.24, 2.45) is 35.3 Å². The molecule has 4 rings (SSSR count). The van der Waals surface area contributed by atoms with Crippen molar-refractivity contribution in [3.8, 4) is 5.75 Å². The van der Waals surface area contributed by atoms with E-state index in [1.165, 1.54) is 25.1 Å². The number of anilines is 2. The molecule has 2 saturated carbocycles. The number of hydrogen-bond acceptors (Lipinski definition) is 14. The largest absolute Gasteiger partial charge is 0.505 e. The summed E-state index contributed by atoms with van der Waals surface area (Å²) in [6.45, 7) is 7.30. The Morgan fingerprint density at radius 1 is 1.04 bits per heavy atom. The van der Waals surface area contributed by atoms with Crippen LogP contribution in [0.15, 0.2) is 6.07 Å². The number of likely N-dealkylation sites (N-methyl/N-ethyl adjacent to an activating group) is 1. The molecule has 53 heavy (non-hydrogen) atoms. The lowest BCUT2D eigenvalue weighted by Gasteiger charge is -2.52. The number of esters is 1. The van der Waals surface area contributed by atoms with Gasteiger partial charge in [-0.25, -0.2) is 4.79 Å². The summed E-state index contributed by atoms with van der Waals surface area (Å²) in [6, 6.07) is 0.197. The molecule has 290 valence electrons. The zero-order chi connectivity index (χ0) is 40.1. The van der Waals surface area contributed by atoms with Crippen molar-refractivity contribution in [2.45, 2.75) is 71.1 Å². The highest BCUT2D eigenvalue weighted by Crippen LogP contribution is 2.52. The number of nitrogens with one attached hydrogen (secondary N) is 1. The molecule has 3 aliphatic rings. The smallest absolute Gasteiger partial charge is 0.413 e. The number of primary amides is 1. The lowest BCUT2D eigenvalue weighted by Crippen LogP contribution is -2.74. The van der Waals surface area contributed by atoms with E-state index in [0.717, 1.165) is 4.90 Å². The molecule has 3 aliphatic carbocycles. The first-order chi connectivity index (χ1) is 24.4. The van der Waals surface area contributed by atoms with Crippen LogP contribution in [-0.4, -0.2) is 126 Å². The van der Waals surface area contributed by atoms with E-state index in [1.54, 1.807) is 39.8 Å². The Morgan fingerprint density at radius 3 is 2.19 bits per heavy atom. The standard InChI is InChI=1S/C36H49N5O12/c1-16(2)10-23(43)52-15-53-34(50)41(35(3,4)5)14-22(42)38-20-13-21(39(6)7)18-11-17-12-19-27(40(8)9)30(46)26(33(37)49)32(48)36(19,51)31(47)24(17)29(45)25(18)28(20)44/h13,16-17,19,24,26-27,44,51H,10-12,14-15H2,1-9H3,(H2,37,49)(H,38,42)/t17-,19-,24?,26?,27-,36-/m0/s1. The topological polar surface area (TPSA) is 243 Å². The van der Waals surface area contributed by atoms with Gasteiger partial charge in [0.05, 0.1) is 23.2 Å². The Balaban J connectivity index is 1.67. The second kappa shape index (κ2) is 14.9. The number of hydrogen-bond donors (Lipinski definition) is 4. The van der Waals surface area contributed by atoms with Gasteiger partial charge in [0.25, 0.3) is 0 Å². The van der Waals surface area contributed by atoms with Crippen molar-refractivity contribution >= 4 is 58.4 Å². The van der Waals surface area contributed by atoms with Gasteiger partial charge in [0.15, 0.2) is 34.7 Å². The SMILES string of the molecule is CC(C)CC(=O)OCOC(=O)N(CC(=O)Nc1cc(N(C)C)c2c(c1O)C(=O)C1C(=O)[C@]3(O)C(=O)C(C(N)=O)C(=O)[C@@H](N(C)C)[C@@H]3C[C@@H]1C2)C(C)(C)C. The van der Waals surface area contributed by atoms with E-state index in [2.05, 4.69) is 5.32 Å². The van der Waals surface area contributed by atoms with Crippen molar-refractivity contribution < 1.29 is 58.0 Å². The summed E-state index contributed by atoms with van der Waals surface area (Å²) in [5.41, 5.74) is 1.74. The van der Waals surface area contributed by atoms with Crippen molar-refractivity contribution in [3.63, 3.8) is 0 Å². The summed E-state index contributed by atoms with van der Waals surface area (Å²) in [5.74, 6) is -13.5. The van der Waals surface area contributed by atoms with Gasteiger partial charge in [-0.1, -0.05) is 13.8 Å². The first kappa shape index (κ1) is 40.9. The number of aliphatic hydroxyl groups is 1. The lowest BCUT2D eigenvalue weighted by atomic mass is 9.52. The number of ketones is 4. The van der Waals surface area contributed by atoms with Crippen LogP contribution in [0.3, 0.4) is 0 Å². The molecular formula is C36H49N5O12. The molecular weight excluding hydrogens is 694 g/mol. The number of benzene rings is 1. The first-order valence-corrected chi connectivity index (χ1v) is 17.3. The summed E-state index contributed by atoms with van der Waals surface area (Å²) >= 11 is 0. The number of aromatic hydroxyl groups is 1. The summed E-state index contributed by atoms with van der Waals surface area (Å²) in [6.07, 6.45) is -0.943. The van der Waals surface area contributed by atoms with E-state index in [1.807, 2.05) is 13.8 Å². The highest BCUT2D eigenvalue weighted by Gasteiger charge is 2.69. The van der Waals surface area contributed by atoms with Gasteiger partial charge in [0.2, 0.25) is 18.6 Å². The van der Waals surface area contributed by atoms with Crippen LogP contribution in [0.25, 0.3) is 0 Å². The van der Waals surface area contributed by atoms with E-state index in [-0.39, 0.29) is 36.4 Å². The van der Waals surface area contributed by atoms with Crippen LogP contribution in [0, 0.1) is 29.6 Å². The summed E-state index contributed by atoms with van der Waals surface area (Å²) in [7, 11) is 6.33. The van der Waals surface area contributed by atoms with Crippen molar-refractivity contribution in [3.05, 3.63) is 17.2 Å². The molecule has 17 heteroatoms. The van der Waals surface area contributed by atoms with Gasteiger partial charge >= 0.3 is 12.1 Å². The van der Waals surface area contributed by atoms with E-state index in [0.29, 0.717) is 11.3 Å². The fourth-order valence-corrected chi connectivity index (χ4v) is 7.67. The van der Waals surface area contributed by atoms with Gasteiger partial charge in [-0.15, -0.1) is 0 Å². The number of ether oxygens (including phenoxy) is 2. The number of Topliss-reactive ketones (excluding diaryl/α,β-unsaturated/α-hetero) is 4. The number of phenols is 1. The third-order valence-corrected chi connectivity index (χ3v) is 10.1. The van der Waals surface area contributed by atoms with Crippen LogP contribution in [-0.2, 0) is 44.7 Å². The van der Waals surface area contributed by atoms with Gasteiger partial charge in [-0.2, -0.15) is 0 Å². The summed E-state index contributed by atoms with van der Waals surface area (Å²) < 4.78 is 10.0. The van der Waals surface area contributed by atoms with Gasteiger partial charge in [0.1, 0.15) is 12.3 Å². The lowest BCUT2D eigenvalue weighted by molar-refractivity contribution is -0.181. The zero-order valence-corrected chi connectivity index (χ0v) is 31.5. The van der Waals surface area contributed by atoms with Crippen molar-refractivity contribution in [1.82, 2.24) is 9.80 Å². The Kier molecular flexibility index (Phi) is 11.5. The minimum Gasteiger partial charge on any atom is -0.505 e. The average Bonchev–Trinajstić information content (AvgIpc) is 3.01. The number of phenolic OH excluding ortho intramolecular Hbond substituents is 1. The van der Waals surface area contributed by atoms with Crippen molar-refractivity contribution in [1.29, 1.82) is 0 Å². The minimum absolute atomic E-state index is 0.0204. The molecule has 0 radical (unpaired) electrons. The zero-order valence-electron chi connectivity index (χ0n) is 31.5. The van der Waals surface area contributed by atoms with Gasteiger partial charge in [-0.05, 0) is 71.2 Å². The number of carbonyl (C=O) groups is 8. The number of nitrogens with two attached hydrogens (primary N) is 1. The molecule has 0 bridgehead atoms. The average molecular weight is 744 g/mol. The minimum atomic E-state index is -2.89. The van der Waals surface area contributed by atoms with E-state index >= 15 is 0 Å². The maximum Gasteiger partial charge on any atom is 0.413 e. The third kappa shape index (κ3) is 7.49. The molecule has 3 amide bonds. The molecule has 0 heterocycles. The third-order valence-electron chi connectivity index (χ3n) is 10.1. The fourth-order valence-electron chi connectivity index (χ4n) is 7.67. The quantitative estimate of drug-likeness (QED) is 0.111. The molecule has 0 saturated heterocycles. The molecule has 0 spiro atoms. The number of fused-ring (bicyclic) bond motifs is 3. The number of nitrogens with zero attached hydrogens (tertiary/aromatic N) is 3. The molecule has 1 aromatic carbocycles. The molecule has 5 N–H and O–H groups in total. The first-order valence-electron chi connectivity index (χ1n) is 17.3. The number of amides is 3. The predicted molar refractivity (Wildman–Crippen MR) is 188 cm³/mol. The maximum atomic E-state index is 14.3. The van der Waals surface area contributed by atoms with Crippen LogP contribution in [0.1, 0.15) is 63.4 Å². The molecule has 1 aromatic rings. The van der Waals surface area contributed by atoms with E-state index in [4.69, 9.17) is 15.2 Å². The Labute approximate surface area is 307 Å². The Hall–Kier alpha value is -4.90. The van der Waals surface area contributed by atoms with Gasteiger partial charge in [-0.3, -0.25) is 43.4 Å². The molecule has 0 aromatic heterocycles. The summed E-state index contributed by atoms with van der Waals surface area (Å²) in [5, 5.41) is 25.9. The van der Waals surface area contributed by atoms with Crippen molar-refractivity contribution in [2.75, 3.05) is 51.7 Å². The maximum absolute atomic E-state index is 14.3.